The Morgan fingerprint density at radius 2 is 1.74 bits per heavy atom. The number of benzene rings is 1. The number of nitrogens with one attached hydrogen (secondary N) is 1. The van der Waals surface area contributed by atoms with Crippen molar-refractivity contribution in [2.75, 3.05) is 0 Å². The lowest BCUT2D eigenvalue weighted by atomic mass is 10.1. The van der Waals surface area contributed by atoms with Crippen molar-refractivity contribution in [3.05, 3.63) is 57.4 Å². The van der Waals surface area contributed by atoms with Gasteiger partial charge in [-0.25, -0.2) is 0 Å². The third-order valence-corrected chi connectivity index (χ3v) is 3.63. The molecule has 0 aliphatic heterocycles. The summed E-state index contributed by atoms with van der Waals surface area (Å²) in [6, 6.07) is 10.9. The molecule has 0 unspecified atom stereocenters. The molecule has 19 heavy (non-hydrogen) atoms. The van der Waals surface area contributed by atoms with Crippen LogP contribution in [-0.4, -0.2) is 10.1 Å². The average molecular weight is 368 g/mol. The molecule has 1 aromatic carbocycles. The molecule has 1 N–H and O–H groups in total. The van der Waals surface area contributed by atoms with Gasteiger partial charge < -0.3 is 9.88 Å². The minimum atomic E-state index is 0.165. The van der Waals surface area contributed by atoms with E-state index in [1.54, 1.807) is 0 Å². The van der Waals surface area contributed by atoms with Crippen molar-refractivity contribution in [2.45, 2.75) is 39.4 Å². The van der Waals surface area contributed by atoms with Crippen LogP contribution in [0.4, 0.5) is 0 Å². The van der Waals surface area contributed by atoms with Gasteiger partial charge in [-0.15, -0.1) is 0 Å². The fourth-order valence-electron chi connectivity index (χ4n) is 1.86. The number of nitrogens with zero attached hydrogens (tertiary/aromatic N) is 1. The summed E-state index contributed by atoms with van der Waals surface area (Å²) in [7, 11) is 0. The van der Waals surface area contributed by atoms with E-state index in [1.165, 1.54) is 14.7 Å². The molecule has 2 nitrogen and oxygen atoms in total. The Balaban J connectivity index is 1.95. The smallest absolute Gasteiger partial charge is 0.0470 e. The van der Waals surface area contributed by atoms with Crippen molar-refractivity contribution in [2.24, 2.45) is 0 Å². The third kappa shape index (κ3) is 4.99. The first-order valence-corrected chi connectivity index (χ1v) is 7.64. The van der Waals surface area contributed by atoms with E-state index < -0.39 is 0 Å². The average Bonchev–Trinajstić information content (AvgIpc) is 2.77. The molecule has 0 atom stereocenters. The minimum Gasteiger partial charge on any atom is -0.350 e. The van der Waals surface area contributed by atoms with Crippen molar-refractivity contribution < 1.29 is 0 Å². The molecule has 0 aliphatic carbocycles. The molecule has 102 valence electrons. The van der Waals surface area contributed by atoms with E-state index in [9.17, 15) is 0 Å². The topological polar surface area (TPSA) is 17.0 Å². The van der Waals surface area contributed by atoms with E-state index in [1.807, 2.05) is 0 Å². The maximum Gasteiger partial charge on any atom is 0.0470 e. The molecule has 2 rings (SSSR count). The molecule has 1 aromatic heterocycles. The predicted octanol–water partition coefficient (Wildman–Crippen LogP) is 4.03. The van der Waals surface area contributed by atoms with Gasteiger partial charge in [0.05, 0.1) is 0 Å². The summed E-state index contributed by atoms with van der Waals surface area (Å²) in [4.78, 5) is 0. The number of aromatic nitrogens is 1. The number of halogens is 1. The highest BCUT2D eigenvalue weighted by Gasteiger charge is 2.08. The maximum absolute atomic E-state index is 3.51. The van der Waals surface area contributed by atoms with Gasteiger partial charge in [0, 0.05) is 34.6 Å². The van der Waals surface area contributed by atoms with Gasteiger partial charge in [-0.2, -0.15) is 0 Å². The summed E-state index contributed by atoms with van der Waals surface area (Å²) in [5, 5.41) is 3.51. The fourth-order valence-corrected chi connectivity index (χ4v) is 2.22. The van der Waals surface area contributed by atoms with E-state index in [0.717, 1.165) is 13.1 Å². The van der Waals surface area contributed by atoms with E-state index in [2.05, 4.69) is 96.0 Å². The van der Waals surface area contributed by atoms with Crippen LogP contribution in [0.25, 0.3) is 0 Å². The van der Waals surface area contributed by atoms with Gasteiger partial charge >= 0.3 is 0 Å². The minimum absolute atomic E-state index is 0.165. The zero-order valence-corrected chi connectivity index (χ0v) is 13.9. The van der Waals surface area contributed by atoms with Crippen molar-refractivity contribution in [3.8, 4) is 0 Å². The Bertz CT molecular complexity index is 520. The molecule has 0 saturated carbocycles. The lowest BCUT2D eigenvalue weighted by Crippen LogP contribution is -2.34. The third-order valence-electron chi connectivity index (χ3n) is 2.91. The largest absolute Gasteiger partial charge is 0.350 e. The standard InChI is InChI=1S/C16H21IN2/c1-16(2,3)18-10-14-8-9-19(12-14)11-13-4-6-15(17)7-5-13/h4-9,12,18H,10-11H2,1-3H3. The molecular formula is C16H21IN2. The summed E-state index contributed by atoms with van der Waals surface area (Å²) in [5.41, 5.74) is 2.84. The zero-order valence-electron chi connectivity index (χ0n) is 11.8. The van der Waals surface area contributed by atoms with Crippen LogP contribution in [0.1, 0.15) is 31.9 Å². The van der Waals surface area contributed by atoms with Crippen LogP contribution in [0.2, 0.25) is 0 Å². The lowest BCUT2D eigenvalue weighted by Gasteiger charge is -2.19. The molecule has 0 fully saturated rings. The molecule has 1 heterocycles. The summed E-state index contributed by atoms with van der Waals surface area (Å²) in [6.45, 7) is 8.43. The maximum atomic E-state index is 3.51. The molecular weight excluding hydrogens is 347 g/mol. The van der Waals surface area contributed by atoms with Crippen LogP contribution in [-0.2, 0) is 13.1 Å². The first kappa shape index (κ1) is 14.6. The molecule has 0 saturated heterocycles. The second kappa shape index (κ2) is 6.09. The van der Waals surface area contributed by atoms with Gasteiger partial charge in [0.15, 0.2) is 0 Å². The quantitative estimate of drug-likeness (QED) is 0.807. The van der Waals surface area contributed by atoms with Crippen LogP contribution >= 0.6 is 22.6 Å². The highest BCUT2D eigenvalue weighted by molar-refractivity contribution is 14.1. The Hall–Kier alpha value is -0.810. The van der Waals surface area contributed by atoms with Crippen molar-refractivity contribution in [1.29, 1.82) is 0 Å². The molecule has 0 amide bonds. The first-order valence-electron chi connectivity index (χ1n) is 6.56. The van der Waals surface area contributed by atoms with E-state index >= 15 is 0 Å². The van der Waals surface area contributed by atoms with E-state index in [-0.39, 0.29) is 5.54 Å². The summed E-state index contributed by atoms with van der Waals surface area (Å²) >= 11 is 2.33. The molecule has 0 radical (unpaired) electrons. The Kier molecular flexibility index (Phi) is 4.68. The van der Waals surface area contributed by atoms with Crippen molar-refractivity contribution in [3.63, 3.8) is 0 Å². The van der Waals surface area contributed by atoms with Crippen LogP contribution in [0.3, 0.4) is 0 Å². The molecule has 3 heteroatoms. The molecule has 0 aliphatic rings. The monoisotopic (exact) mass is 368 g/mol. The van der Waals surface area contributed by atoms with Crippen LogP contribution in [0.15, 0.2) is 42.7 Å². The van der Waals surface area contributed by atoms with Crippen molar-refractivity contribution in [1.82, 2.24) is 9.88 Å². The van der Waals surface area contributed by atoms with Crippen molar-refractivity contribution >= 4 is 22.6 Å². The summed E-state index contributed by atoms with van der Waals surface area (Å²) in [6.07, 6.45) is 4.37. The summed E-state index contributed by atoms with van der Waals surface area (Å²) < 4.78 is 3.52. The second-order valence-corrected chi connectivity index (χ2v) is 7.17. The molecule has 2 aromatic rings. The van der Waals surface area contributed by atoms with Gasteiger partial charge in [-0.3, -0.25) is 0 Å². The highest BCUT2D eigenvalue weighted by atomic mass is 127. The molecule has 0 spiro atoms. The lowest BCUT2D eigenvalue weighted by molar-refractivity contribution is 0.424. The van der Waals surface area contributed by atoms with Crippen LogP contribution < -0.4 is 5.32 Å². The van der Waals surface area contributed by atoms with Gasteiger partial charge in [0.1, 0.15) is 0 Å². The van der Waals surface area contributed by atoms with E-state index in [4.69, 9.17) is 0 Å². The Morgan fingerprint density at radius 3 is 2.37 bits per heavy atom. The Morgan fingerprint density at radius 1 is 1.05 bits per heavy atom. The number of hydrogen-bond donors (Lipinski definition) is 1. The zero-order chi connectivity index (χ0) is 13.9. The van der Waals surface area contributed by atoms with Gasteiger partial charge in [-0.1, -0.05) is 12.1 Å². The van der Waals surface area contributed by atoms with Gasteiger partial charge in [0.25, 0.3) is 0 Å². The summed E-state index contributed by atoms with van der Waals surface area (Å²) in [5.74, 6) is 0. The number of hydrogen-bond acceptors (Lipinski definition) is 1. The first-order chi connectivity index (χ1) is 8.92. The van der Waals surface area contributed by atoms with Gasteiger partial charge in [-0.05, 0) is 72.7 Å². The number of rotatable bonds is 4. The predicted molar refractivity (Wildman–Crippen MR) is 89.3 cm³/mol. The normalized spacial score (nSPS) is 11.8. The van der Waals surface area contributed by atoms with Crippen LogP contribution in [0, 0.1) is 3.57 Å². The van der Waals surface area contributed by atoms with Crippen LogP contribution in [0.5, 0.6) is 0 Å². The fraction of sp³-hybridized carbons (Fsp3) is 0.375. The second-order valence-electron chi connectivity index (χ2n) is 5.92. The SMILES string of the molecule is CC(C)(C)NCc1ccn(Cc2ccc(I)cc2)c1. The van der Waals surface area contributed by atoms with E-state index in [0.29, 0.717) is 0 Å². The molecule has 0 bridgehead atoms. The highest BCUT2D eigenvalue weighted by Crippen LogP contribution is 2.10. The Labute approximate surface area is 129 Å². The van der Waals surface area contributed by atoms with Gasteiger partial charge in [0.2, 0.25) is 0 Å².